The summed E-state index contributed by atoms with van der Waals surface area (Å²) in [6.07, 6.45) is 0.682. The molecule has 6 heteroatoms. The average Bonchev–Trinajstić information content (AvgIpc) is 2.77. The van der Waals surface area contributed by atoms with E-state index in [1.165, 1.54) is 5.01 Å². The summed E-state index contributed by atoms with van der Waals surface area (Å²) in [6, 6.07) is 13.1. The number of urea groups is 1. The molecular formula is C19H22N4O2. The van der Waals surface area contributed by atoms with E-state index in [4.69, 9.17) is 10.5 Å². The van der Waals surface area contributed by atoms with Crippen LogP contribution in [0.1, 0.15) is 23.6 Å². The first-order valence-corrected chi connectivity index (χ1v) is 8.16. The van der Waals surface area contributed by atoms with Gasteiger partial charge >= 0.3 is 6.03 Å². The van der Waals surface area contributed by atoms with E-state index in [0.717, 1.165) is 28.2 Å². The first kappa shape index (κ1) is 16.8. The Hall–Kier alpha value is -3.02. The molecule has 0 saturated carbocycles. The van der Waals surface area contributed by atoms with Crippen molar-refractivity contribution in [3.8, 4) is 5.75 Å². The third-order valence-electron chi connectivity index (χ3n) is 4.31. The largest absolute Gasteiger partial charge is 0.497 e. The van der Waals surface area contributed by atoms with Crippen LogP contribution in [-0.4, -0.2) is 37.0 Å². The number of hydrazone groups is 1. The van der Waals surface area contributed by atoms with Crippen LogP contribution in [0.25, 0.3) is 0 Å². The number of ether oxygens (including phenoxy) is 1. The summed E-state index contributed by atoms with van der Waals surface area (Å²) >= 11 is 0. The summed E-state index contributed by atoms with van der Waals surface area (Å²) in [4.78, 5) is 12.3. The second-order valence-corrected chi connectivity index (χ2v) is 6.05. The molecule has 3 rings (SSSR count). The highest BCUT2D eigenvalue weighted by Gasteiger charge is 2.27. The molecule has 0 radical (unpaired) electrons. The maximum absolute atomic E-state index is 12.3. The Morgan fingerprint density at radius 2 is 2.00 bits per heavy atom. The number of carbonyl (C=O) groups excluding carboxylic acids is 1. The minimum Gasteiger partial charge on any atom is -0.497 e. The highest BCUT2D eigenvalue weighted by molar-refractivity contribution is 6.14. The lowest BCUT2D eigenvalue weighted by Gasteiger charge is -2.22. The second kappa shape index (κ2) is 6.84. The molecule has 0 aliphatic carbocycles. The highest BCUT2D eigenvalue weighted by Crippen LogP contribution is 2.27. The minimum absolute atomic E-state index is 0.0860. The molecule has 1 aliphatic heterocycles. The van der Waals surface area contributed by atoms with Gasteiger partial charge in [-0.15, -0.1) is 0 Å². The molecule has 2 aromatic carbocycles. The second-order valence-electron chi connectivity index (χ2n) is 6.05. The molecule has 0 aromatic heterocycles. The van der Waals surface area contributed by atoms with Crippen LogP contribution in [0, 0.1) is 0 Å². The van der Waals surface area contributed by atoms with Gasteiger partial charge < -0.3 is 15.8 Å². The molecule has 0 spiro atoms. The quantitative estimate of drug-likeness (QED) is 0.826. The number of fused-ring (bicyclic) bond motifs is 1. The van der Waals surface area contributed by atoms with E-state index >= 15 is 0 Å². The van der Waals surface area contributed by atoms with Crippen LogP contribution in [0.4, 0.5) is 10.5 Å². The fourth-order valence-corrected chi connectivity index (χ4v) is 2.98. The fraction of sp³-hybridized carbons (Fsp3) is 0.263. The van der Waals surface area contributed by atoms with Gasteiger partial charge in [0.1, 0.15) is 5.75 Å². The van der Waals surface area contributed by atoms with Gasteiger partial charge in [0.15, 0.2) is 0 Å². The number of nitrogen functional groups attached to an aromatic ring is 1. The third kappa shape index (κ3) is 3.28. The van der Waals surface area contributed by atoms with Gasteiger partial charge in [0.05, 0.1) is 18.9 Å². The summed E-state index contributed by atoms with van der Waals surface area (Å²) in [5.41, 5.74) is 10.2. The molecule has 2 amide bonds. The molecule has 2 aromatic rings. The maximum Gasteiger partial charge on any atom is 0.337 e. The van der Waals surface area contributed by atoms with Crippen molar-refractivity contribution in [2.24, 2.45) is 5.10 Å². The van der Waals surface area contributed by atoms with E-state index < -0.39 is 0 Å². The molecule has 25 heavy (non-hydrogen) atoms. The Morgan fingerprint density at radius 1 is 1.28 bits per heavy atom. The standard InChI is InChI=1S/C19H22N4O2/c1-12-10-14-11-16(25-3)8-9-17(14)18(22-23(12)19(24)21-2)13-4-6-15(20)7-5-13/h4-9,11-12H,10,20H2,1-3H3,(H,21,24). The Bertz CT molecular complexity index is 815. The van der Waals surface area contributed by atoms with Crippen LogP contribution in [0.5, 0.6) is 5.75 Å². The van der Waals surface area contributed by atoms with Gasteiger partial charge in [0.25, 0.3) is 0 Å². The lowest BCUT2D eigenvalue weighted by atomic mass is 9.94. The molecular weight excluding hydrogens is 316 g/mol. The van der Waals surface area contributed by atoms with Crippen LogP contribution >= 0.6 is 0 Å². The van der Waals surface area contributed by atoms with Crippen LogP contribution in [0.15, 0.2) is 47.6 Å². The molecule has 3 N–H and O–H groups in total. The number of amides is 2. The molecule has 1 unspecified atom stereocenters. The van der Waals surface area contributed by atoms with E-state index in [1.807, 2.05) is 49.4 Å². The molecule has 1 aliphatic rings. The van der Waals surface area contributed by atoms with Crippen LogP contribution in [0.3, 0.4) is 0 Å². The van der Waals surface area contributed by atoms with E-state index in [9.17, 15) is 4.79 Å². The zero-order valence-electron chi connectivity index (χ0n) is 14.6. The Balaban J connectivity index is 2.18. The molecule has 6 nitrogen and oxygen atoms in total. The zero-order valence-corrected chi connectivity index (χ0v) is 14.6. The first-order valence-electron chi connectivity index (χ1n) is 8.16. The van der Waals surface area contributed by atoms with Gasteiger partial charge in [-0.1, -0.05) is 12.1 Å². The highest BCUT2D eigenvalue weighted by atomic mass is 16.5. The van der Waals surface area contributed by atoms with Crippen molar-refractivity contribution in [2.45, 2.75) is 19.4 Å². The van der Waals surface area contributed by atoms with E-state index in [-0.39, 0.29) is 12.1 Å². The fourth-order valence-electron chi connectivity index (χ4n) is 2.98. The maximum atomic E-state index is 12.3. The molecule has 0 saturated heterocycles. The van der Waals surface area contributed by atoms with Crippen molar-refractivity contribution in [1.29, 1.82) is 0 Å². The molecule has 0 bridgehead atoms. The summed E-state index contributed by atoms with van der Waals surface area (Å²) in [5, 5.41) is 8.84. The summed E-state index contributed by atoms with van der Waals surface area (Å²) < 4.78 is 5.36. The Labute approximate surface area is 147 Å². The van der Waals surface area contributed by atoms with Crippen LogP contribution in [0.2, 0.25) is 0 Å². The number of nitrogens with one attached hydrogen (secondary N) is 1. The smallest absolute Gasteiger partial charge is 0.337 e. The average molecular weight is 338 g/mol. The van der Waals surface area contributed by atoms with Crippen LogP contribution < -0.4 is 15.8 Å². The number of anilines is 1. The lowest BCUT2D eigenvalue weighted by molar-refractivity contribution is 0.184. The van der Waals surface area contributed by atoms with E-state index in [2.05, 4.69) is 10.4 Å². The number of rotatable bonds is 2. The number of methoxy groups -OCH3 is 1. The van der Waals surface area contributed by atoms with Gasteiger partial charge in [-0.05, 0) is 49.2 Å². The van der Waals surface area contributed by atoms with E-state index in [0.29, 0.717) is 12.1 Å². The number of nitrogens with two attached hydrogens (primary N) is 1. The lowest BCUT2D eigenvalue weighted by Crippen LogP contribution is -2.41. The van der Waals surface area contributed by atoms with Crippen molar-refractivity contribution in [2.75, 3.05) is 19.9 Å². The molecule has 1 atom stereocenters. The Kier molecular flexibility index (Phi) is 4.61. The normalized spacial score (nSPS) is 16.5. The third-order valence-corrected chi connectivity index (χ3v) is 4.31. The SMILES string of the molecule is CNC(=O)N1N=C(c2ccc(N)cc2)c2ccc(OC)cc2CC1C. The Morgan fingerprint density at radius 3 is 2.64 bits per heavy atom. The molecule has 130 valence electrons. The van der Waals surface area contributed by atoms with Gasteiger partial charge in [0, 0.05) is 23.9 Å². The van der Waals surface area contributed by atoms with Gasteiger partial charge in [-0.3, -0.25) is 0 Å². The van der Waals surface area contributed by atoms with Crippen molar-refractivity contribution >= 4 is 17.4 Å². The van der Waals surface area contributed by atoms with Crippen molar-refractivity contribution < 1.29 is 9.53 Å². The summed E-state index contributed by atoms with van der Waals surface area (Å²) in [6.45, 7) is 1.98. The molecule has 1 heterocycles. The number of nitrogens with zero attached hydrogens (tertiary/aromatic N) is 2. The molecule has 0 fully saturated rings. The topological polar surface area (TPSA) is 80.0 Å². The number of hydrogen-bond donors (Lipinski definition) is 2. The predicted octanol–water partition coefficient (Wildman–Crippen LogP) is 2.62. The first-order chi connectivity index (χ1) is 12.0. The monoisotopic (exact) mass is 338 g/mol. The van der Waals surface area contributed by atoms with Crippen molar-refractivity contribution in [3.05, 3.63) is 59.2 Å². The predicted molar refractivity (Wildman–Crippen MR) is 98.9 cm³/mol. The van der Waals surface area contributed by atoms with Gasteiger partial charge in [0.2, 0.25) is 0 Å². The number of benzene rings is 2. The van der Waals surface area contributed by atoms with Gasteiger partial charge in [-0.25, -0.2) is 9.80 Å². The van der Waals surface area contributed by atoms with Gasteiger partial charge in [-0.2, -0.15) is 5.10 Å². The number of hydrogen-bond acceptors (Lipinski definition) is 4. The van der Waals surface area contributed by atoms with Crippen LogP contribution in [-0.2, 0) is 6.42 Å². The van der Waals surface area contributed by atoms with E-state index in [1.54, 1.807) is 14.2 Å². The zero-order chi connectivity index (χ0) is 18.0. The summed E-state index contributed by atoms with van der Waals surface area (Å²) in [7, 11) is 3.25. The summed E-state index contributed by atoms with van der Waals surface area (Å²) in [5.74, 6) is 0.788. The van der Waals surface area contributed by atoms with Crippen molar-refractivity contribution in [1.82, 2.24) is 10.3 Å². The minimum atomic E-state index is -0.236. The number of carbonyl (C=O) groups is 1. The van der Waals surface area contributed by atoms with Crippen molar-refractivity contribution in [3.63, 3.8) is 0 Å².